The molecule has 1 amide bonds. The molecule has 0 unspecified atom stereocenters. The second kappa shape index (κ2) is 10.3. The fourth-order valence-electron chi connectivity index (χ4n) is 5.03. The molecular formula is C28H32N4O2. The maximum atomic E-state index is 13.4. The number of hydrogen-bond acceptors (Lipinski definition) is 4. The molecule has 176 valence electrons. The number of nitrogens with zero attached hydrogens (tertiary/aromatic N) is 4. The maximum Gasteiger partial charge on any atom is 0.271 e. The van der Waals surface area contributed by atoms with E-state index in [0.717, 1.165) is 51.3 Å². The van der Waals surface area contributed by atoms with Gasteiger partial charge in [0.2, 0.25) is 0 Å². The zero-order valence-electron chi connectivity index (χ0n) is 19.6. The van der Waals surface area contributed by atoms with Crippen molar-refractivity contribution >= 4 is 17.4 Å². The van der Waals surface area contributed by atoms with Gasteiger partial charge in [-0.3, -0.25) is 14.5 Å². The minimum absolute atomic E-state index is 0.0359. The van der Waals surface area contributed by atoms with Gasteiger partial charge in [0.15, 0.2) is 5.78 Å². The highest BCUT2D eigenvalue weighted by molar-refractivity contribution is 6.09. The summed E-state index contributed by atoms with van der Waals surface area (Å²) in [6, 6.07) is 22.4. The molecule has 0 aliphatic carbocycles. The van der Waals surface area contributed by atoms with E-state index in [1.165, 1.54) is 5.69 Å². The summed E-state index contributed by atoms with van der Waals surface area (Å²) in [5.74, 6) is 0.0286. The van der Waals surface area contributed by atoms with Gasteiger partial charge in [-0.2, -0.15) is 0 Å². The van der Waals surface area contributed by atoms with Crippen molar-refractivity contribution in [2.24, 2.45) is 0 Å². The van der Waals surface area contributed by atoms with Crippen LogP contribution in [0.2, 0.25) is 0 Å². The first-order chi connectivity index (χ1) is 16.7. The molecule has 6 nitrogen and oxygen atoms in total. The second-order valence-corrected chi connectivity index (χ2v) is 9.17. The van der Waals surface area contributed by atoms with Gasteiger partial charge in [0.05, 0.1) is 0 Å². The number of benzene rings is 2. The minimum atomic E-state index is -0.0359. The van der Waals surface area contributed by atoms with E-state index < -0.39 is 0 Å². The number of rotatable bonds is 7. The summed E-state index contributed by atoms with van der Waals surface area (Å²) in [6.07, 6.45) is 3.24. The smallest absolute Gasteiger partial charge is 0.271 e. The third-order valence-corrected chi connectivity index (χ3v) is 6.95. The molecule has 2 aliphatic heterocycles. The highest BCUT2D eigenvalue weighted by Gasteiger charge is 2.30. The van der Waals surface area contributed by atoms with Crippen LogP contribution in [-0.4, -0.2) is 65.3 Å². The van der Waals surface area contributed by atoms with E-state index in [-0.39, 0.29) is 11.7 Å². The molecule has 0 saturated carbocycles. The zero-order valence-corrected chi connectivity index (χ0v) is 19.6. The molecule has 6 heteroatoms. The summed E-state index contributed by atoms with van der Waals surface area (Å²) in [7, 11) is 0. The molecule has 0 N–H and O–H groups in total. The van der Waals surface area contributed by atoms with Crippen LogP contribution in [0.15, 0.2) is 72.9 Å². The highest BCUT2D eigenvalue weighted by Crippen LogP contribution is 2.22. The Labute approximate surface area is 201 Å². The monoisotopic (exact) mass is 456 g/mol. The van der Waals surface area contributed by atoms with Gasteiger partial charge in [-0.05, 0) is 36.7 Å². The molecular weight excluding hydrogens is 424 g/mol. The van der Waals surface area contributed by atoms with Crippen molar-refractivity contribution in [3.63, 3.8) is 0 Å². The number of ketones is 1. The molecule has 0 radical (unpaired) electrons. The van der Waals surface area contributed by atoms with Crippen molar-refractivity contribution in [2.45, 2.75) is 25.9 Å². The molecule has 2 aromatic carbocycles. The van der Waals surface area contributed by atoms with Crippen LogP contribution in [0.3, 0.4) is 0 Å². The lowest BCUT2D eigenvalue weighted by molar-refractivity contribution is 0.0735. The van der Waals surface area contributed by atoms with Gasteiger partial charge in [-0.1, -0.05) is 48.5 Å². The first kappa shape index (κ1) is 22.4. The number of carbonyl (C=O) groups is 2. The average Bonchev–Trinajstić information content (AvgIpc) is 3.27. The molecule has 1 aromatic heterocycles. The molecule has 34 heavy (non-hydrogen) atoms. The number of aryl methyl sites for hydroxylation is 1. The second-order valence-electron chi connectivity index (χ2n) is 9.17. The topological polar surface area (TPSA) is 48.8 Å². The third-order valence-electron chi connectivity index (χ3n) is 6.95. The lowest BCUT2D eigenvalue weighted by atomic mass is 10.1. The Bertz CT molecular complexity index is 1120. The van der Waals surface area contributed by atoms with Crippen LogP contribution >= 0.6 is 0 Å². The summed E-state index contributed by atoms with van der Waals surface area (Å²) in [4.78, 5) is 32.9. The van der Waals surface area contributed by atoms with E-state index in [9.17, 15) is 9.59 Å². The molecule has 3 heterocycles. The summed E-state index contributed by atoms with van der Waals surface area (Å²) < 4.78 is 2.00. The number of carbonyl (C=O) groups excluding carboxylic acids is 2. The first-order valence-electron chi connectivity index (χ1n) is 12.3. The number of Topliss-reactive ketones (excluding diaryl/α,β-unsaturated/α-hetero) is 1. The van der Waals surface area contributed by atoms with Gasteiger partial charge < -0.3 is 14.4 Å². The Kier molecular flexibility index (Phi) is 6.77. The Morgan fingerprint density at radius 3 is 2.18 bits per heavy atom. The van der Waals surface area contributed by atoms with Crippen LogP contribution in [0.25, 0.3) is 0 Å². The number of hydrogen-bond donors (Lipinski definition) is 0. The number of aromatic nitrogens is 1. The SMILES string of the molecule is O=C1CCN(Cc2ccccc2)C(=O)c2c1ccn2CCCN1CCN(c2ccccc2)CC1. The summed E-state index contributed by atoms with van der Waals surface area (Å²) in [5.41, 5.74) is 3.52. The van der Waals surface area contributed by atoms with Crippen molar-refractivity contribution in [1.82, 2.24) is 14.4 Å². The molecule has 3 aromatic rings. The standard InChI is InChI=1S/C28H32N4O2/c33-26-13-17-32(22-23-8-3-1-4-9-23)28(34)27-25(26)12-16-31(27)15-7-14-29-18-20-30(21-19-29)24-10-5-2-6-11-24/h1-6,8-12,16H,7,13-15,17-22H2. The van der Waals surface area contributed by atoms with Gasteiger partial charge in [0.1, 0.15) is 5.69 Å². The lowest BCUT2D eigenvalue weighted by Gasteiger charge is -2.36. The average molecular weight is 457 g/mol. The van der Waals surface area contributed by atoms with Crippen LogP contribution in [0.4, 0.5) is 5.69 Å². The molecule has 2 aliphatic rings. The van der Waals surface area contributed by atoms with Gasteiger partial charge in [0, 0.05) is 69.7 Å². The van der Waals surface area contributed by atoms with E-state index in [1.807, 2.05) is 52.1 Å². The van der Waals surface area contributed by atoms with E-state index in [0.29, 0.717) is 30.8 Å². The molecule has 5 rings (SSSR count). The van der Waals surface area contributed by atoms with E-state index in [2.05, 4.69) is 40.1 Å². The molecule has 0 atom stereocenters. The van der Waals surface area contributed by atoms with Gasteiger partial charge in [0.25, 0.3) is 5.91 Å². The zero-order chi connectivity index (χ0) is 23.3. The van der Waals surface area contributed by atoms with Crippen LogP contribution < -0.4 is 4.90 Å². The Hall–Kier alpha value is -3.38. The largest absolute Gasteiger partial charge is 0.369 e. The number of fused-ring (bicyclic) bond motifs is 1. The normalized spacial score (nSPS) is 17.1. The van der Waals surface area contributed by atoms with Crippen molar-refractivity contribution in [3.05, 3.63) is 89.7 Å². The predicted octanol–water partition coefficient (Wildman–Crippen LogP) is 3.93. The lowest BCUT2D eigenvalue weighted by Crippen LogP contribution is -2.46. The highest BCUT2D eigenvalue weighted by atomic mass is 16.2. The number of anilines is 1. The summed E-state index contributed by atoms with van der Waals surface area (Å²) in [5, 5.41) is 0. The van der Waals surface area contributed by atoms with Crippen molar-refractivity contribution in [2.75, 3.05) is 44.2 Å². The molecule has 1 saturated heterocycles. The Balaban J connectivity index is 1.19. The maximum absolute atomic E-state index is 13.4. The molecule has 0 bridgehead atoms. The van der Waals surface area contributed by atoms with Gasteiger partial charge >= 0.3 is 0 Å². The van der Waals surface area contributed by atoms with Crippen LogP contribution in [0.1, 0.15) is 39.3 Å². The van der Waals surface area contributed by atoms with Gasteiger partial charge in [-0.15, -0.1) is 0 Å². The predicted molar refractivity (Wildman–Crippen MR) is 134 cm³/mol. The van der Waals surface area contributed by atoms with Crippen LogP contribution in [0.5, 0.6) is 0 Å². The number of para-hydroxylation sites is 1. The van der Waals surface area contributed by atoms with E-state index in [1.54, 1.807) is 0 Å². The van der Waals surface area contributed by atoms with E-state index in [4.69, 9.17) is 0 Å². The summed E-state index contributed by atoms with van der Waals surface area (Å²) in [6.45, 7) is 6.88. The van der Waals surface area contributed by atoms with Crippen molar-refractivity contribution in [3.8, 4) is 0 Å². The molecule has 1 fully saturated rings. The van der Waals surface area contributed by atoms with Crippen LogP contribution in [-0.2, 0) is 13.1 Å². The van der Waals surface area contributed by atoms with Crippen LogP contribution in [0, 0.1) is 0 Å². The quantitative estimate of drug-likeness (QED) is 0.541. The number of piperazine rings is 1. The fraction of sp³-hybridized carbons (Fsp3) is 0.357. The summed E-state index contributed by atoms with van der Waals surface area (Å²) >= 11 is 0. The minimum Gasteiger partial charge on any atom is -0.369 e. The molecule has 0 spiro atoms. The van der Waals surface area contributed by atoms with Gasteiger partial charge in [-0.25, -0.2) is 0 Å². The van der Waals surface area contributed by atoms with E-state index >= 15 is 0 Å². The van der Waals surface area contributed by atoms with Crippen molar-refractivity contribution in [1.29, 1.82) is 0 Å². The Morgan fingerprint density at radius 2 is 1.44 bits per heavy atom. The van der Waals surface area contributed by atoms with Crippen molar-refractivity contribution < 1.29 is 9.59 Å². The number of amides is 1. The Morgan fingerprint density at radius 1 is 0.735 bits per heavy atom. The first-order valence-corrected chi connectivity index (χ1v) is 12.3. The fourth-order valence-corrected chi connectivity index (χ4v) is 5.03. The third kappa shape index (κ3) is 4.92.